The number of rotatable bonds is 6. The summed E-state index contributed by atoms with van der Waals surface area (Å²) < 4.78 is 5.14. The molecule has 2 aromatic carbocycles. The van der Waals surface area contributed by atoms with Crippen molar-refractivity contribution in [3.8, 4) is 5.75 Å². The zero-order chi connectivity index (χ0) is 20.1. The van der Waals surface area contributed by atoms with E-state index < -0.39 is 17.9 Å². The first-order chi connectivity index (χ1) is 12.7. The van der Waals surface area contributed by atoms with Crippen LogP contribution in [-0.4, -0.2) is 28.9 Å². The van der Waals surface area contributed by atoms with Crippen LogP contribution in [0.5, 0.6) is 5.75 Å². The van der Waals surface area contributed by atoms with Gasteiger partial charge in [0.15, 0.2) is 6.10 Å². The minimum absolute atomic E-state index is 0.0780. The van der Waals surface area contributed by atoms with Crippen LogP contribution in [0.2, 0.25) is 5.02 Å². The normalized spacial score (nSPS) is 11.7. The summed E-state index contributed by atoms with van der Waals surface area (Å²) in [5, 5.41) is 12.8. The van der Waals surface area contributed by atoms with E-state index in [1.54, 1.807) is 38.1 Å². The van der Waals surface area contributed by atoms with Crippen molar-refractivity contribution in [3.05, 3.63) is 58.6 Å². The van der Waals surface area contributed by atoms with E-state index in [4.69, 9.17) is 16.3 Å². The molecule has 6 nitrogen and oxygen atoms in total. The molecule has 142 valence electrons. The first-order valence-electron chi connectivity index (χ1n) is 8.33. The van der Waals surface area contributed by atoms with E-state index in [1.165, 1.54) is 25.1 Å². The third-order valence-corrected chi connectivity index (χ3v) is 4.03. The molecule has 0 radical (unpaired) electrons. The van der Waals surface area contributed by atoms with Gasteiger partial charge in [0.25, 0.3) is 0 Å². The van der Waals surface area contributed by atoms with Crippen LogP contribution in [0, 0.1) is 5.92 Å². The number of halogens is 1. The van der Waals surface area contributed by atoms with Gasteiger partial charge in [0.2, 0.25) is 11.7 Å². The molecule has 0 bridgehead atoms. The Morgan fingerprint density at radius 3 is 2.22 bits per heavy atom. The molecule has 0 aliphatic rings. The Balaban J connectivity index is 2.04. The number of carbonyl (C=O) groups is 3. The van der Waals surface area contributed by atoms with E-state index in [9.17, 15) is 19.5 Å². The van der Waals surface area contributed by atoms with Crippen LogP contribution in [-0.2, 0) is 9.53 Å². The van der Waals surface area contributed by atoms with Crippen LogP contribution in [0.1, 0.15) is 41.5 Å². The lowest BCUT2D eigenvalue weighted by Crippen LogP contribution is -2.24. The average molecular weight is 390 g/mol. The van der Waals surface area contributed by atoms with Gasteiger partial charge < -0.3 is 15.2 Å². The number of Topliss-reactive ketones (excluding diaryl/α,β-unsaturated/α-hetero) is 1. The lowest BCUT2D eigenvalue weighted by Gasteiger charge is -2.14. The van der Waals surface area contributed by atoms with E-state index in [0.29, 0.717) is 11.3 Å². The summed E-state index contributed by atoms with van der Waals surface area (Å²) in [5.74, 6) is -1.84. The predicted octanol–water partition coefficient (Wildman–Crippen LogP) is 4.07. The van der Waals surface area contributed by atoms with Gasteiger partial charge in [0.1, 0.15) is 11.3 Å². The number of hydrogen-bond donors (Lipinski definition) is 2. The Hall–Kier alpha value is -2.86. The molecule has 27 heavy (non-hydrogen) atoms. The fraction of sp³-hybridized carbons (Fsp3) is 0.250. The smallest absolute Gasteiger partial charge is 0.342 e. The SMILES string of the molecule is CC(C)C(=O)Nc1ccc(C(=O)[C@@H](C)OC(=O)c2ccc(Cl)cc2O)cc1. The molecule has 0 heterocycles. The van der Waals surface area contributed by atoms with Gasteiger partial charge in [-0.15, -0.1) is 0 Å². The number of aromatic hydroxyl groups is 1. The Morgan fingerprint density at radius 2 is 1.67 bits per heavy atom. The summed E-state index contributed by atoms with van der Waals surface area (Å²) in [4.78, 5) is 36.3. The highest BCUT2D eigenvalue weighted by molar-refractivity contribution is 6.30. The fourth-order valence-corrected chi connectivity index (χ4v) is 2.36. The lowest BCUT2D eigenvalue weighted by atomic mass is 10.1. The van der Waals surface area contributed by atoms with Crippen LogP contribution in [0.3, 0.4) is 0 Å². The van der Waals surface area contributed by atoms with Crippen molar-refractivity contribution in [2.45, 2.75) is 26.9 Å². The summed E-state index contributed by atoms with van der Waals surface area (Å²) in [6.45, 7) is 5.01. The Labute approximate surface area is 162 Å². The zero-order valence-corrected chi connectivity index (χ0v) is 15.9. The summed E-state index contributed by atoms with van der Waals surface area (Å²) in [6.07, 6.45) is -1.05. The fourth-order valence-electron chi connectivity index (χ4n) is 2.19. The van der Waals surface area contributed by atoms with Crippen molar-refractivity contribution in [1.29, 1.82) is 0 Å². The molecule has 2 N–H and O–H groups in total. The number of amides is 1. The topological polar surface area (TPSA) is 92.7 Å². The number of anilines is 1. The van der Waals surface area contributed by atoms with Crippen molar-refractivity contribution < 1.29 is 24.2 Å². The summed E-state index contributed by atoms with van der Waals surface area (Å²) in [7, 11) is 0. The van der Waals surface area contributed by atoms with E-state index >= 15 is 0 Å². The van der Waals surface area contributed by atoms with Crippen LogP contribution in [0.25, 0.3) is 0 Å². The number of nitrogens with one attached hydrogen (secondary N) is 1. The Bertz CT molecular complexity index is 861. The third-order valence-electron chi connectivity index (χ3n) is 3.79. The number of ketones is 1. The quantitative estimate of drug-likeness (QED) is 0.574. The second kappa shape index (κ2) is 8.68. The molecule has 0 aliphatic carbocycles. The summed E-state index contributed by atoms with van der Waals surface area (Å²) in [6, 6.07) is 10.3. The van der Waals surface area contributed by atoms with Gasteiger partial charge in [0.05, 0.1) is 0 Å². The van der Waals surface area contributed by atoms with Gasteiger partial charge in [-0.2, -0.15) is 0 Å². The first-order valence-corrected chi connectivity index (χ1v) is 8.71. The van der Waals surface area contributed by atoms with E-state index in [1.807, 2.05) is 0 Å². The molecular weight excluding hydrogens is 370 g/mol. The maximum atomic E-state index is 12.4. The summed E-state index contributed by atoms with van der Waals surface area (Å²) >= 11 is 5.73. The van der Waals surface area contributed by atoms with Crippen LogP contribution < -0.4 is 5.32 Å². The molecule has 2 rings (SSSR count). The molecule has 0 aliphatic heterocycles. The van der Waals surface area contributed by atoms with Crippen molar-refractivity contribution in [2.24, 2.45) is 5.92 Å². The van der Waals surface area contributed by atoms with Crippen molar-refractivity contribution in [2.75, 3.05) is 5.32 Å². The number of phenols is 1. The molecule has 0 saturated carbocycles. The molecule has 0 spiro atoms. The van der Waals surface area contributed by atoms with Crippen molar-refractivity contribution >= 4 is 34.9 Å². The molecule has 0 saturated heterocycles. The monoisotopic (exact) mass is 389 g/mol. The average Bonchev–Trinajstić information content (AvgIpc) is 2.61. The van der Waals surface area contributed by atoms with Gasteiger partial charge in [-0.25, -0.2) is 4.79 Å². The van der Waals surface area contributed by atoms with E-state index in [2.05, 4.69) is 5.32 Å². The zero-order valence-electron chi connectivity index (χ0n) is 15.2. The number of ether oxygens (including phenoxy) is 1. The molecule has 0 fully saturated rings. The molecule has 2 aromatic rings. The maximum absolute atomic E-state index is 12.4. The highest BCUT2D eigenvalue weighted by atomic mass is 35.5. The van der Waals surface area contributed by atoms with E-state index in [-0.39, 0.29) is 28.2 Å². The summed E-state index contributed by atoms with van der Waals surface area (Å²) in [5.41, 5.74) is 0.824. The van der Waals surface area contributed by atoms with Crippen LogP contribution in [0.4, 0.5) is 5.69 Å². The van der Waals surface area contributed by atoms with E-state index in [0.717, 1.165) is 0 Å². The number of benzene rings is 2. The first kappa shape index (κ1) is 20.5. The Morgan fingerprint density at radius 1 is 1.04 bits per heavy atom. The van der Waals surface area contributed by atoms with Crippen molar-refractivity contribution in [1.82, 2.24) is 0 Å². The minimum Gasteiger partial charge on any atom is -0.507 e. The minimum atomic E-state index is -1.05. The van der Waals surface area contributed by atoms with Crippen LogP contribution in [0.15, 0.2) is 42.5 Å². The largest absolute Gasteiger partial charge is 0.507 e. The van der Waals surface area contributed by atoms with Crippen molar-refractivity contribution in [3.63, 3.8) is 0 Å². The van der Waals surface area contributed by atoms with Gasteiger partial charge in [-0.05, 0) is 49.4 Å². The number of phenolic OH excluding ortho intramolecular Hbond substituents is 1. The molecule has 7 heteroatoms. The van der Waals surface area contributed by atoms with Gasteiger partial charge in [-0.1, -0.05) is 25.4 Å². The molecule has 1 atom stereocenters. The number of esters is 1. The highest BCUT2D eigenvalue weighted by Crippen LogP contribution is 2.23. The highest BCUT2D eigenvalue weighted by Gasteiger charge is 2.22. The number of hydrogen-bond acceptors (Lipinski definition) is 5. The van der Waals surface area contributed by atoms with Gasteiger partial charge >= 0.3 is 5.97 Å². The second-order valence-electron chi connectivity index (χ2n) is 6.29. The predicted molar refractivity (Wildman–Crippen MR) is 102 cm³/mol. The van der Waals surface area contributed by atoms with Crippen LogP contribution >= 0.6 is 11.6 Å². The molecule has 1 amide bonds. The standard InChI is InChI=1S/C20H20ClNO5/c1-11(2)19(25)22-15-7-4-13(5-8-15)18(24)12(3)27-20(26)16-9-6-14(21)10-17(16)23/h4-12,23H,1-3H3,(H,22,25)/t12-/m1/s1. The number of carbonyl (C=O) groups excluding carboxylic acids is 3. The molecule has 0 aromatic heterocycles. The maximum Gasteiger partial charge on any atom is 0.342 e. The molecule has 0 unspecified atom stereocenters. The van der Waals surface area contributed by atoms with Gasteiger partial charge in [-0.3, -0.25) is 9.59 Å². The second-order valence-corrected chi connectivity index (χ2v) is 6.73. The lowest BCUT2D eigenvalue weighted by molar-refractivity contribution is -0.118. The molecular formula is C20H20ClNO5. The Kier molecular flexibility index (Phi) is 6.58. The van der Waals surface area contributed by atoms with Gasteiger partial charge in [0, 0.05) is 22.2 Å². The third kappa shape index (κ3) is 5.31.